The molecule has 25 heavy (non-hydrogen) atoms. The van der Waals surface area contributed by atoms with Gasteiger partial charge in [0.25, 0.3) is 0 Å². The minimum Gasteiger partial charge on any atom is -0.385 e. The van der Waals surface area contributed by atoms with E-state index < -0.39 is 0 Å². The molecule has 1 N–H and O–H groups in total. The predicted molar refractivity (Wildman–Crippen MR) is 103 cm³/mol. The first-order valence-electron chi connectivity index (χ1n) is 9.76. The lowest BCUT2D eigenvalue weighted by molar-refractivity contribution is -0.114. The highest BCUT2D eigenvalue weighted by atomic mass is 16.5. The first kappa shape index (κ1) is 19.7. The van der Waals surface area contributed by atoms with Crippen molar-refractivity contribution in [1.82, 2.24) is 5.32 Å². The zero-order chi connectivity index (χ0) is 18.1. The molecular weight excluding hydrogens is 310 g/mol. The normalized spacial score (nSPS) is 20.4. The number of hydrogen-bond donors (Lipinski definition) is 1. The van der Waals surface area contributed by atoms with Crippen molar-refractivity contribution in [3.8, 4) is 0 Å². The minimum absolute atomic E-state index is 0.223. The van der Waals surface area contributed by atoms with Gasteiger partial charge in [-0.15, -0.1) is 0 Å². The molecule has 2 rings (SSSR count). The molecule has 0 amide bonds. The van der Waals surface area contributed by atoms with E-state index in [9.17, 15) is 4.79 Å². The van der Waals surface area contributed by atoms with Gasteiger partial charge < -0.3 is 10.1 Å². The Labute approximate surface area is 152 Å². The van der Waals surface area contributed by atoms with Gasteiger partial charge in [-0.1, -0.05) is 57.0 Å². The van der Waals surface area contributed by atoms with Crippen LogP contribution in [0, 0.1) is 5.92 Å². The lowest BCUT2D eigenvalue weighted by Crippen LogP contribution is -2.41. The summed E-state index contributed by atoms with van der Waals surface area (Å²) in [6, 6.07) is 10.8. The van der Waals surface area contributed by atoms with Crippen molar-refractivity contribution < 1.29 is 9.53 Å². The Morgan fingerprint density at radius 2 is 2.00 bits per heavy atom. The van der Waals surface area contributed by atoms with E-state index in [4.69, 9.17) is 4.74 Å². The van der Waals surface area contributed by atoms with Crippen LogP contribution >= 0.6 is 0 Å². The Balaban J connectivity index is 1.87. The molecular formula is C22H33NO2. The van der Waals surface area contributed by atoms with Crippen LogP contribution in [0.1, 0.15) is 64.9 Å². The molecule has 1 heterocycles. The summed E-state index contributed by atoms with van der Waals surface area (Å²) >= 11 is 0. The number of ketones is 1. The predicted octanol–water partition coefficient (Wildman–Crippen LogP) is 5.01. The van der Waals surface area contributed by atoms with Crippen molar-refractivity contribution in [2.75, 3.05) is 6.61 Å². The first-order chi connectivity index (χ1) is 12.2. The van der Waals surface area contributed by atoms with Crippen LogP contribution in [-0.2, 0) is 16.1 Å². The van der Waals surface area contributed by atoms with E-state index in [2.05, 4.69) is 31.3 Å². The summed E-state index contributed by atoms with van der Waals surface area (Å²) in [5.74, 6) is 0.804. The Morgan fingerprint density at radius 1 is 1.24 bits per heavy atom. The van der Waals surface area contributed by atoms with E-state index in [1.165, 1.54) is 24.1 Å². The molecule has 1 aromatic rings. The molecule has 1 aliphatic heterocycles. The SMILES string of the molecule is CCC[C@H]1NC(CCCOCc2ccccc2)=C(C(C)=O)C[C@@H]1CC. The molecule has 1 aromatic carbocycles. The van der Waals surface area contributed by atoms with Gasteiger partial charge in [0.15, 0.2) is 5.78 Å². The van der Waals surface area contributed by atoms with E-state index in [0.29, 0.717) is 18.6 Å². The van der Waals surface area contributed by atoms with Gasteiger partial charge in [0.2, 0.25) is 0 Å². The number of Topliss-reactive ketones (excluding diaryl/α,β-unsaturated/α-hetero) is 1. The number of ether oxygens (including phenoxy) is 1. The van der Waals surface area contributed by atoms with Gasteiger partial charge >= 0.3 is 0 Å². The fourth-order valence-electron chi connectivity index (χ4n) is 3.70. The number of benzene rings is 1. The molecule has 0 aromatic heterocycles. The molecule has 3 heteroatoms. The summed E-state index contributed by atoms with van der Waals surface area (Å²) in [5, 5.41) is 3.70. The highest BCUT2D eigenvalue weighted by Gasteiger charge is 2.29. The summed E-state index contributed by atoms with van der Waals surface area (Å²) in [6.07, 6.45) is 6.27. The molecule has 2 atom stereocenters. The second-order valence-electron chi connectivity index (χ2n) is 7.07. The highest BCUT2D eigenvalue weighted by Crippen LogP contribution is 2.31. The molecule has 3 nitrogen and oxygen atoms in total. The molecule has 1 aliphatic rings. The van der Waals surface area contributed by atoms with Gasteiger partial charge in [-0.2, -0.15) is 0 Å². The second kappa shape index (κ2) is 10.4. The third kappa shape index (κ3) is 6.00. The third-order valence-electron chi connectivity index (χ3n) is 5.14. The third-order valence-corrected chi connectivity index (χ3v) is 5.14. The number of rotatable bonds is 10. The molecule has 0 unspecified atom stereocenters. The maximum absolute atomic E-state index is 12.1. The Bertz CT molecular complexity index is 565. The average Bonchev–Trinajstić information content (AvgIpc) is 2.62. The summed E-state index contributed by atoms with van der Waals surface area (Å²) in [7, 11) is 0. The molecule has 0 saturated heterocycles. The molecule has 138 valence electrons. The van der Waals surface area contributed by atoms with E-state index in [1.807, 2.05) is 18.2 Å². The smallest absolute Gasteiger partial charge is 0.157 e. The van der Waals surface area contributed by atoms with Gasteiger partial charge in [0.1, 0.15) is 0 Å². The Kier molecular flexibility index (Phi) is 8.20. The van der Waals surface area contributed by atoms with Gasteiger partial charge in [0.05, 0.1) is 6.61 Å². The number of nitrogens with one attached hydrogen (secondary N) is 1. The Hall–Kier alpha value is -1.61. The van der Waals surface area contributed by atoms with E-state index in [-0.39, 0.29) is 5.78 Å². The summed E-state index contributed by atoms with van der Waals surface area (Å²) in [4.78, 5) is 12.1. The zero-order valence-electron chi connectivity index (χ0n) is 16.0. The van der Waals surface area contributed by atoms with E-state index in [1.54, 1.807) is 6.92 Å². The largest absolute Gasteiger partial charge is 0.385 e. The van der Waals surface area contributed by atoms with E-state index >= 15 is 0 Å². The topological polar surface area (TPSA) is 38.3 Å². The summed E-state index contributed by atoms with van der Waals surface area (Å²) in [5.41, 5.74) is 3.39. The van der Waals surface area contributed by atoms with Crippen LogP contribution in [0.3, 0.4) is 0 Å². The van der Waals surface area contributed by atoms with Gasteiger partial charge in [-0.25, -0.2) is 0 Å². The highest BCUT2D eigenvalue weighted by molar-refractivity contribution is 5.94. The first-order valence-corrected chi connectivity index (χ1v) is 9.76. The molecule has 0 radical (unpaired) electrons. The van der Waals surface area contributed by atoms with Gasteiger partial charge in [-0.3, -0.25) is 4.79 Å². The quantitative estimate of drug-likeness (QED) is 0.607. The fourth-order valence-corrected chi connectivity index (χ4v) is 3.70. The number of carbonyl (C=O) groups excluding carboxylic acids is 1. The van der Waals surface area contributed by atoms with Crippen LogP contribution in [0.4, 0.5) is 0 Å². The van der Waals surface area contributed by atoms with Crippen LogP contribution in [0.25, 0.3) is 0 Å². The van der Waals surface area contributed by atoms with Gasteiger partial charge in [0, 0.05) is 23.9 Å². The molecule has 0 aliphatic carbocycles. The lowest BCUT2D eigenvalue weighted by atomic mass is 9.81. The maximum Gasteiger partial charge on any atom is 0.157 e. The molecule has 0 saturated carbocycles. The lowest BCUT2D eigenvalue weighted by Gasteiger charge is -2.35. The minimum atomic E-state index is 0.223. The summed E-state index contributed by atoms with van der Waals surface area (Å²) < 4.78 is 5.79. The zero-order valence-corrected chi connectivity index (χ0v) is 16.0. The van der Waals surface area contributed by atoms with Crippen molar-refractivity contribution in [2.45, 2.75) is 71.9 Å². The van der Waals surface area contributed by atoms with E-state index in [0.717, 1.165) is 37.9 Å². The van der Waals surface area contributed by atoms with Crippen molar-refractivity contribution in [3.05, 3.63) is 47.2 Å². The molecule has 0 fully saturated rings. The van der Waals surface area contributed by atoms with Crippen LogP contribution in [0.15, 0.2) is 41.6 Å². The summed E-state index contributed by atoms with van der Waals surface area (Å²) in [6.45, 7) is 7.55. The monoisotopic (exact) mass is 343 g/mol. The Morgan fingerprint density at radius 3 is 2.64 bits per heavy atom. The van der Waals surface area contributed by atoms with Crippen LogP contribution in [0.5, 0.6) is 0 Å². The van der Waals surface area contributed by atoms with Crippen molar-refractivity contribution >= 4 is 5.78 Å². The van der Waals surface area contributed by atoms with Crippen LogP contribution < -0.4 is 5.32 Å². The number of allylic oxidation sites excluding steroid dienone is 2. The number of carbonyl (C=O) groups is 1. The van der Waals surface area contributed by atoms with Crippen LogP contribution in [0.2, 0.25) is 0 Å². The van der Waals surface area contributed by atoms with Crippen molar-refractivity contribution in [2.24, 2.45) is 5.92 Å². The molecule has 0 spiro atoms. The van der Waals surface area contributed by atoms with Crippen molar-refractivity contribution in [3.63, 3.8) is 0 Å². The fraction of sp³-hybridized carbons (Fsp3) is 0.591. The number of hydrogen-bond acceptors (Lipinski definition) is 3. The van der Waals surface area contributed by atoms with Crippen molar-refractivity contribution in [1.29, 1.82) is 0 Å². The molecule has 0 bridgehead atoms. The maximum atomic E-state index is 12.1. The van der Waals surface area contributed by atoms with Gasteiger partial charge in [-0.05, 0) is 44.1 Å². The second-order valence-corrected chi connectivity index (χ2v) is 7.07. The average molecular weight is 344 g/mol. The van der Waals surface area contributed by atoms with Crippen LogP contribution in [-0.4, -0.2) is 18.4 Å². The standard InChI is InChI=1S/C22H33NO2/c1-4-10-21-19(5-2)15-20(17(3)24)22(23-21)13-9-14-25-16-18-11-7-6-8-12-18/h6-8,11-12,19,21,23H,4-5,9-10,13-16H2,1-3H3/t19-,21+/m0/s1.